The van der Waals surface area contributed by atoms with Gasteiger partial charge in [0, 0.05) is 6.42 Å². The molecule has 0 radical (unpaired) electrons. The van der Waals surface area contributed by atoms with Crippen molar-refractivity contribution in [1.29, 1.82) is 0 Å². The van der Waals surface area contributed by atoms with Crippen LogP contribution < -0.4 is 0 Å². The van der Waals surface area contributed by atoms with Gasteiger partial charge >= 0.3 is 0 Å². The molecule has 0 aliphatic heterocycles. The van der Waals surface area contributed by atoms with Crippen LogP contribution in [0.1, 0.15) is 36.1 Å². The first-order chi connectivity index (χ1) is 7.69. The van der Waals surface area contributed by atoms with Gasteiger partial charge in [0.25, 0.3) is 0 Å². The Morgan fingerprint density at radius 2 is 2.38 bits per heavy atom. The maximum atomic E-state index is 5.07. The molecular weight excluding hydrogens is 274 g/mol. The Morgan fingerprint density at radius 3 is 2.94 bits per heavy atom. The molecule has 0 saturated heterocycles. The number of halogens is 1. The van der Waals surface area contributed by atoms with Crippen molar-refractivity contribution < 1.29 is 4.52 Å². The van der Waals surface area contributed by atoms with E-state index in [2.05, 4.69) is 36.4 Å². The van der Waals surface area contributed by atoms with Crippen LogP contribution in [0, 0.1) is 0 Å². The van der Waals surface area contributed by atoms with E-state index in [1.807, 2.05) is 20.0 Å². The van der Waals surface area contributed by atoms with Crippen LogP contribution in [0.2, 0.25) is 0 Å². The van der Waals surface area contributed by atoms with Crippen LogP contribution in [0.5, 0.6) is 0 Å². The van der Waals surface area contributed by atoms with E-state index in [0.29, 0.717) is 18.3 Å². The van der Waals surface area contributed by atoms with Gasteiger partial charge in [-0.05, 0) is 6.92 Å². The monoisotopic (exact) mass is 285 g/mol. The molecule has 0 fully saturated rings. The molecule has 0 aliphatic rings. The van der Waals surface area contributed by atoms with Crippen LogP contribution in [0.4, 0.5) is 0 Å². The van der Waals surface area contributed by atoms with Crippen molar-refractivity contribution in [2.24, 2.45) is 0 Å². The van der Waals surface area contributed by atoms with Gasteiger partial charge in [-0.2, -0.15) is 4.98 Å². The molecule has 0 bridgehead atoms. The predicted octanol–water partition coefficient (Wildman–Crippen LogP) is 1.73. The highest BCUT2D eigenvalue weighted by Gasteiger charge is 2.09. The highest BCUT2D eigenvalue weighted by Crippen LogP contribution is 2.18. The third-order valence-electron chi connectivity index (χ3n) is 2.09. The van der Waals surface area contributed by atoms with Gasteiger partial charge in [0.2, 0.25) is 5.89 Å². The first-order valence-electron chi connectivity index (χ1n) is 5.04. The molecule has 0 N–H and O–H groups in total. The van der Waals surface area contributed by atoms with E-state index in [1.165, 1.54) is 0 Å². The van der Waals surface area contributed by atoms with Crippen LogP contribution in [0.3, 0.4) is 0 Å². The average Bonchev–Trinajstić information content (AvgIpc) is 2.87. The van der Waals surface area contributed by atoms with Crippen molar-refractivity contribution >= 4 is 15.9 Å². The second-order valence-electron chi connectivity index (χ2n) is 3.41. The molecule has 2 aromatic heterocycles. The fraction of sp³-hybridized carbons (Fsp3) is 0.556. The van der Waals surface area contributed by atoms with Gasteiger partial charge in [0.05, 0.1) is 16.7 Å². The van der Waals surface area contributed by atoms with E-state index in [-0.39, 0.29) is 4.83 Å². The largest absolute Gasteiger partial charge is 0.337 e. The smallest absolute Gasteiger partial charge is 0.248 e. The van der Waals surface area contributed by atoms with E-state index in [9.17, 15) is 0 Å². The molecule has 6 nitrogen and oxygen atoms in total. The predicted molar refractivity (Wildman–Crippen MR) is 60.1 cm³/mol. The number of aromatic nitrogens is 5. The van der Waals surface area contributed by atoms with Crippen molar-refractivity contribution in [2.45, 2.75) is 31.6 Å². The highest BCUT2D eigenvalue weighted by molar-refractivity contribution is 9.09. The van der Waals surface area contributed by atoms with Crippen molar-refractivity contribution in [3.8, 4) is 0 Å². The van der Waals surface area contributed by atoms with Gasteiger partial charge < -0.3 is 4.52 Å². The molecule has 1 atom stereocenters. The van der Waals surface area contributed by atoms with Crippen molar-refractivity contribution in [1.82, 2.24) is 25.1 Å². The minimum atomic E-state index is 0.190. The van der Waals surface area contributed by atoms with Crippen LogP contribution in [0.25, 0.3) is 0 Å². The SMILES string of the molecule is CCc1noc(Cn2cc(C(C)Br)nn2)n1. The van der Waals surface area contributed by atoms with Gasteiger partial charge in [0.15, 0.2) is 5.82 Å². The van der Waals surface area contributed by atoms with Gasteiger partial charge in [-0.3, -0.25) is 0 Å². The Bertz CT molecular complexity index is 464. The minimum absolute atomic E-state index is 0.190. The lowest BCUT2D eigenvalue weighted by Gasteiger charge is -1.94. The summed E-state index contributed by atoms with van der Waals surface area (Å²) in [6, 6.07) is 0. The molecule has 7 heteroatoms. The molecule has 2 heterocycles. The molecule has 0 spiro atoms. The topological polar surface area (TPSA) is 69.6 Å². The summed E-state index contributed by atoms with van der Waals surface area (Å²) in [4.78, 5) is 4.39. The molecule has 2 aromatic rings. The van der Waals surface area contributed by atoms with Crippen LogP contribution >= 0.6 is 15.9 Å². The van der Waals surface area contributed by atoms with E-state index in [1.54, 1.807) is 4.68 Å². The molecular formula is C9H12BrN5O. The highest BCUT2D eigenvalue weighted by atomic mass is 79.9. The summed E-state index contributed by atoms with van der Waals surface area (Å²) in [6.07, 6.45) is 2.62. The first-order valence-corrected chi connectivity index (χ1v) is 5.96. The van der Waals surface area contributed by atoms with Gasteiger partial charge in [-0.1, -0.05) is 33.2 Å². The summed E-state index contributed by atoms with van der Waals surface area (Å²) in [6.45, 7) is 4.44. The Morgan fingerprint density at radius 1 is 1.56 bits per heavy atom. The zero-order valence-corrected chi connectivity index (χ0v) is 10.7. The Labute approximate surface area is 101 Å². The lowest BCUT2D eigenvalue weighted by molar-refractivity contribution is 0.360. The number of hydrogen-bond acceptors (Lipinski definition) is 5. The summed E-state index contributed by atoms with van der Waals surface area (Å²) in [7, 11) is 0. The van der Waals surface area contributed by atoms with Gasteiger partial charge in [0.1, 0.15) is 6.54 Å². The number of nitrogens with zero attached hydrogens (tertiary/aromatic N) is 5. The normalized spacial score (nSPS) is 12.9. The second-order valence-corrected chi connectivity index (χ2v) is 4.79. The summed E-state index contributed by atoms with van der Waals surface area (Å²) in [5.41, 5.74) is 0.884. The third kappa shape index (κ3) is 2.46. The summed E-state index contributed by atoms with van der Waals surface area (Å²) >= 11 is 3.43. The standard InChI is InChI=1S/C9H12BrN5O/c1-3-8-11-9(16-13-8)5-15-4-7(6(2)10)12-14-15/h4,6H,3,5H2,1-2H3. The molecule has 2 rings (SSSR count). The van der Waals surface area contributed by atoms with Crippen LogP contribution in [-0.2, 0) is 13.0 Å². The van der Waals surface area contributed by atoms with E-state index < -0.39 is 0 Å². The lowest BCUT2D eigenvalue weighted by atomic mass is 10.4. The quantitative estimate of drug-likeness (QED) is 0.800. The van der Waals surface area contributed by atoms with Gasteiger partial charge in [-0.15, -0.1) is 5.10 Å². The Hall–Kier alpha value is -1.24. The number of rotatable bonds is 4. The fourth-order valence-corrected chi connectivity index (χ4v) is 1.42. The Kier molecular flexibility index (Phi) is 3.33. The van der Waals surface area contributed by atoms with Crippen molar-refractivity contribution in [3.63, 3.8) is 0 Å². The molecule has 0 aromatic carbocycles. The van der Waals surface area contributed by atoms with Gasteiger partial charge in [-0.25, -0.2) is 4.68 Å². The van der Waals surface area contributed by atoms with Crippen LogP contribution in [0.15, 0.2) is 10.7 Å². The maximum Gasteiger partial charge on any atom is 0.248 e. The third-order valence-corrected chi connectivity index (χ3v) is 2.56. The van der Waals surface area contributed by atoms with Crippen LogP contribution in [-0.4, -0.2) is 25.1 Å². The zero-order valence-electron chi connectivity index (χ0n) is 9.09. The lowest BCUT2D eigenvalue weighted by Crippen LogP contribution is -2.00. The summed E-state index contributed by atoms with van der Waals surface area (Å²) in [5, 5.41) is 11.8. The summed E-state index contributed by atoms with van der Waals surface area (Å²) < 4.78 is 6.75. The second kappa shape index (κ2) is 4.73. The van der Waals surface area contributed by atoms with E-state index >= 15 is 0 Å². The molecule has 0 amide bonds. The molecule has 16 heavy (non-hydrogen) atoms. The zero-order chi connectivity index (χ0) is 11.5. The molecule has 0 saturated carbocycles. The Balaban J connectivity index is 2.08. The summed E-state index contributed by atoms with van der Waals surface area (Å²) in [5.74, 6) is 1.26. The maximum absolute atomic E-state index is 5.07. The number of hydrogen-bond donors (Lipinski definition) is 0. The molecule has 86 valence electrons. The molecule has 1 unspecified atom stereocenters. The average molecular weight is 286 g/mol. The van der Waals surface area contributed by atoms with Crippen molar-refractivity contribution in [3.05, 3.63) is 23.6 Å². The van der Waals surface area contributed by atoms with E-state index in [4.69, 9.17) is 4.52 Å². The van der Waals surface area contributed by atoms with Crippen molar-refractivity contribution in [2.75, 3.05) is 0 Å². The first kappa shape index (κ1) is 11.3. The number of alkyl halides is 1. The number of aryl methyl sites for hydroxylation is 1. The minimum Gasteiger partial charge on any atom is -0.337 e. The fourth-order valence-electron chi connectivity index (χ4n) is 1.21. The van der Waals surface area contributed by atoms with E-state index in [0.717, 1.165) is 12.1 Å². The molecule has 0 aliphatic carbocycles.